The summed E-state index contributed by atoms with van der Waals surface area (Å²) in [6.45, 7) is 5.50. The molecule has 1 saturated heterocycles. The number of rotatable bonds is 6. The van der Waals surface area contributed by atoms with Crippen molar-refractivity contribution in [2.45, 2.75) is 32.4 Å². The topological polar surface area (TPSA) is 64.0 Å². The number of ether oxygens (including phenoxy) is 2. The van der Waals surface area contributed by atoms with Crippen LogP contribution in [0.1, 0.15) is 34.5 Å². The first-order valence-corrected chi connectivity index (χ1v) is 11.9. The van der Waals surface area contributed by atoms with Gasteiger partial charge in [0.1, 0.15) is 11.3 Å². The second-order valence-corrected chi connectivity index (χ2v) is 9.33. The number of thiophene rings is 1. The third kappa shape index (κ3) is 5.19. The molecule has 0 N–H and O–H groups in total. The van der Waals surface area contributed by atoms with Crippen molar-refractivity contribution in [3.05, 3.63) is 50.1 Å². The van der Waals surface area contributed by atoms with Gasteiger partial charge >= 0.3 is 5.97 Å². The van der Waals surface area contributed by atoms with Crippen LogP contribution in [0.4, 0.5) is 0 Å². The number of fused-ring (bicyclic) bond motifs is 1. The fraction of sp³-hybridized carbons (Fsp3) is 0.565. The van der Waals surface area contributed by atoms with Gasteiger partial charge < -0.3 is 18.9 Å². The summed E-state index contributed by atoms with van der Waals surface area (Å²) in [5.41, 5.74) is 2.29. The molecule has 0 saturated carbocycles. The highest BCUT2D eigenvalue weighted by atomic mass is 32.1. The minimum Gasteiger partial charge on any atom is -0.492 e. The lowest BCUT2D eigenvalue weighted by Crippen LogP contribution is -2.35. The van der Waals surface area contributed by atoms with Gasteiger partial charge in [0.15, 0.2) is 0 Å². The Morgan fingerprint density at radius 3 is 2.87 bits per heavy atom. The molecule has 0 bridgehead atoms. The number of hydrogen-bond acceptors (Lipinski definition) is 7. The number of pyridine rings is 1. The van der Waals surface area contributed by atoms with Gasteiger partial charge in [-0.1, -0.05) is 0 Å². The predicted octanol–water partition coefficient (Wildman–Crippen LogP) is 2.48. The fourth-order valence-corrected chi connectivity index (χ4v) is 5.30. The maximum atomic E-state index is 12.9. The second-order valence-electron chi connectivity index (χ2n) is 8.55. The highest BCUT2D eigenvalue weighted by molar-refractivity contribution is 7.07. The second kappa shape index (κ2) is 9.97. The summed E-state index contributed by atoms with van der Waals surface area (Å²) in [4.78, 5) is 30.3. The molecule has 0 aliphatic carbocycles. The molecule has 1 fully saturated rings. The zero-order valence-corrected chi connectivity index (χ0v) is 19.2. The maximum absolute atomic E-state index is 12.9. The van der Waals surface area contributed by atoms with Crippen LogP contribution in [0.3, 0.4) is 0 Å². The average Bonchev–Trinajstić information content (AvgIpc) is 3.18. The zero-order valence-electron chi connectivity index (χ0n) is 18.3. The Hall–Kier alpha value is -2.16. The van der Waals surface area contributed by atoms with Crippen molar-refractivity contribution < 1.29 is 14.3 Å². The molecule has 0 amide bonds. The Bertz CT molecular complexity index is 956. The van der Waals surface area contributed by atoms with Crippen molar-refractivity contribution >= 4 is 17.3 Å². The van der Waals surface area contributed by atoms with Crippen molar-refractivity contribution in [3.63, 3.8) is 0 Å². The molecule has 7 nitrogen and oxygen atoms in total. The lowest BCUT2D eigenvalue weighted by atomic mass is 9.99. The van der Waals surface area contributed by atoms with Crippen LogP contribution in [0.5, 0.6) is 5.75 Å². The molecule has 0 radical (unpaired) electrons. The lowest BCUT2D eigenvalue weighted by Gasteiger charge is -2.29. The summed E-state index contributed by atoms with van der Waals surface area (Å²) < 4.78 is 12.9. The first kappa shape index (κ1) is 22.0. The smallest absolute Gasteiger partial charge is 0.343 e. The molecular formula is C23H31N3O4S. The van der Waals surface area contributed by atoms with E-state index in [9.17, 15) is 9.59 Å². The number of hydrogen-bond donors (Lipinski definition) is 0. The average molecular weight is 446 g/mol. The van der Waals surface area contributed by atoms with E-state index in [1.165, 1.54) is 18.7 Å². The minimum absolute atomic E-state index is 0.115. The van der Waals surface area contributed by atoms with E-state index in [0.29, 0.717) is 36.8 Å². The standard InChI is InChI=1S/C23H31N3O4S/c1-24-7-3-4-17(13-24)15-30-20-12-21(27)26-10-9-25(14-18-6-11-31-16-18)8-5-19(26)22(20)23(28)29-2/h6,11-12,16-17H,3-5,7-10,13-15H2,1-2H3. The van der Waals surface area contributed by atoms with Gasteiger partial charge in [-0.05, 0) is 48.8 Å². The number of piperidine rings is 1. The number of aromatic nitrogens is 1. The van der Waals surface area contributed by atoms with Crippen molar-refractivity contribution in [2.24, 2.45) is 5.92 Å². The number of esters is 1. The van der Waals surface area contributed by atoms with Crippen LogP contribution in [-0.2, 0) is 24.2 Å². The van der Waals surface area contributed by atoms with Gasteiger partial charge in [-0.3, -0.25) is 9.69 Å². The Morgan fingerprint density at radius 2 is 2.13 bits per heavy atom. The van der Waals surface area contributed by atoms with Crippen molar-refractivity contribution in [1.29, 1.82) is 0 Å². The fourth-order valence-electron chi connectivity index (χ4n) is 4.64. The van der Waals surface area contributed by atoms with Crippen molar-refractivity contribution in [2.75, 3.05) is 46.9 Å². The summed E-state index contributed by atoms with van der Waals surface area (Å²) in [7, 11) is 3.49. The van der Waals surface area contributed by atoms with Gasteiger partial charge in [0.05, 0.1) is 13.7 Å². The van der Waals surface area contributed by atoms with Crippen LogP contribution in [0, 0.1) is 5.92 Å². The number of carbonyl (C=O) groups is 1. The third-order valence-corrected chi connectivity index (χ3v) is 6.99. The molecule has 8 heteroatoms. The first-order chi connectivity index (χ1) is 15.0. The van der Waals surface area contributed by atoms with Gasteiger partial charge in [0, 0.05) is 56.8 Å². The van der Waals surface area contributed by atoms with Crippen molar-refractivity contribution in [3.8, 4) is 5.75 Å². The molecule has 2 aliphatic heterocycles. The third-order valence-electron chi connectivity index (χ3n) is 6.26. The molecule has 0 aromatic carbocycles. The predicted molar refractivity (Wildman–Crippen MR) is 121 cm³/mol. The van der Waals surface area contributed by atoms with Crippen LogP contribution in [0.15, 0.2) is 27.7 Å². The number of methoxy groups -OCH3 is 1. The quantitative estimate of drug-likeness (QED) is 0.637. The molecule has 4 rings (SSSR count). The minimum atomic E-state index is -0.439. The zero-order chi connectivity index (χ0) is 21.8. The number of likely N-dealkylation sites (tertiary alicyclic amines) is 1. The molecule has 4 heterocycles. The molecule has 2 aromatic heterocycles. The summed E-state index contributed by atoms with van der Waals surface area (Å²) in [6.07, 6.45) is 2.84. The van der Waals surface area contributed by atoms with Gasteiger partial charge in [-0.15, -0.1) is 0 Å². The SMILES string of the molecule is COC(=O)c1c(OCC2CCCN(C)C2)cc(=O)n2c1CCN(Cc1ccsc1)CC2. The summed E-state index contributed by atoms with van der Waals surface area (Å²) >= 11 is 1.69. The van der Waals surface area contributed by atoms with Crippen LogP contribution in [0.2, 0.25) is 0 Å². The van der Waals surface area contributed by atoms with E-state index in [1.807, 2.05) is 0 Å². The van der Waals surface area contributed by atoms with Gasteiger partial charge in [-0.25, -0.2) is 4.79 Å². The van der Waals surface area contributed by atoms with E-state index < -0.39 is 5.97 Å². The van der Waals surface area contributed by atoms with E-state index >= 15 is 0 Å². The van der Waals surface area contributed by atoms with Gasteiger partial charge in [-0.2, -0.15) is 11.3 Å². The van der Waals surface area contributed by atoms with Crippen LogP contribution in [0.25, 0.3) is 0 Å². The monoisotopic (exact) mass is 445 g/mol. The Balaban J connectivity index is 1.57. The van der Waals surface area contributed by atoms with Gasteiger partial charge in [0.25, 0.3) is 5.56 Å². The summed E-state index contributed by atoms with van der Waals surface area (Å²) in [5, 5.41) is 4.23. The molecule has 31 heavy (non-hydrogen) atoms. The van der Waals surface area contributed by atoms with E-state index in [4.69, 9.17) is 9.47 Å². The Labute approximate surface area is 187 Å². The normalized spacial score (nSPS) is 20.1. The molecule has 1 unspecified atom stereocenters. The number of nitrogens with zero attached hydrogens (tertiary/aromatic N) is 3. The largest absolute Gasteiger partial charge is 0.492 e. The molecule has 168 valence electrons. The first-order valence-electron chi connectivity index (χ1n) is 10.9. The Morgan fingerprint density at radius 1 is 1.26 bits per heavy atom. The molecule has 0 spiro atoms. The van der Waals surface area contributed by atoms with E-state index in [-0.39, 0.29) is 5.56 Å². The Kier molecular flexibility index (Phi) is 7.09. The molecule has 2 aromatic rings. The van der Waals surface area contributed by atoms with Gasteiger partial charge in [0.2, 0.25) is 0 Å². The highest BCUT2D eigenvalue weighted by Crippen LogP contribution is 2.26. The van der Waals surface area contributed by atoms with Crippen LogP contribution >= 0.6 is 11.3 Å². The number of carbonyl (C=O) groups excluding carboxylic acids is 1. The molecule has 1 atom stereocenters. The van der Waals surface area contributed by atoms with Crippen LogP contribution < -0.4 is 10.3 Å². The van der Waals surface area contributed by atoms with Crippen LogP contribution in [-0.4, -0.2) is 67.3 Å². The highest BCUT2D eigenvalue weighted by Gasteiger charge is 2.27. The van der Waals surface area contributed by atoms with E-state index in [2.05, 4.69) is 33.7 Å². The molecular weight excluding hydrogens is 414 g/mol. The van der Waals surface area contributed by atoms with Crippen molar-refractivity contribution in [1.82, 2.24) is 14.4 Å². The van der Waals surface area contributed by atoms with E-state index in [0.717, 1.165) is 51.3 Å². The summed E-state index contributed by atoms with van der Waals surface area (Å²) in [5.74, 6) is 0.320. The molecule has 2 aliphatic rings. The summed E-state index contributed by atoms with van der Waals surface area (Å²) in [6, 6.07) is 3.60. The maximum Gasteiger partial charge on any atom is 0.343 e. The lowest BCUT2D eigenvalue weighted by molar-refractivity contribution is 0.0590. The van der Waals surface area contributed by atoms with E-state index in [1.54, 1.807) is 15.9 Å².